The molecule has 0 unspecified atom stereocenters. The van der Waals surface area contributed by atoms with Crippen molar-refractivity contribution in [1.29, 1.82) is 0 Å². The second kappa shape index (κ2) is 8.03. The minimum absolute atomic E-state index is 0.137. The summed E-state index contributed by atoms with van der Waals surface area (Å²) in [6.45, 7) is 5.45. The van der Waals surface area contributed by atoms with Crippen molar-refractivity contribution in [2.24, 2.45) is 0 Å². The number of esters is 1. The number of phenols is 1. The van der Waals surface area contributed by atoms with Crippen LogP contribution >= 0.6 is 0 Å². The van der Waals surface area contributed by atoms with Crippen LogP contribution < -0.4 is 4.74 Å². The van der Waals surface area contributed by atoms with Crippen LogP contribution in [0.5, 0.6) is 11.5 Å². The highest BCUT2D eigenvalue weighted by Gasteiger charge is 2.06. The number of phenolic OH excluding ortho intramolecular Hbond substituents is 1. The van der Waals surface area contributed by atoms with Crippen molar-refractivity contribution in [3.8, 4) is 11.5 Å². The van der Waals surface area contributed by atoms with Crippen LogP contribution in [0.4, 0.5) is 0 Å². The summed E-state index contributed by atoms with van der Waals surface area (Å²) in [5.41, 5.74) is 2.31. The Hall–Kier alpha value is -2.75. The zero-order valence-corrected chi connectivity index (χ0v) is 13.1. The molecule has 0 aromatic heterocycles. The van der Waals surface area contributed by atoms with Crippen molar-refractivity contribution in [3.63, 3.8) is 0 Å². The third-order valence-electron chi connectivity index (χ3n) is 3.23. The van der Waals surface area contributed by atoms with Crippen LogP contribution in [-0.2, 0) is 16.0 Å². The van der Waals surface area contributed by atoms with Gasteiger partial charge in [-0.3, -0.25) is 0 Å². The van der Waals surface area contributed by atoms with Gasteiger partial charge in [0.25, 0.3) is 0 Å². The van der Waals surface area contributed by atoms with Gasteiger partial charge in [-0.15, -0.1) is 0 Å². The van der Waals surface area contributed by atoms with Crippen molar-refractivity contribution in [2.45, 2.75) is 13.3 Å². The van der Waals surface area contributed by atoms with Gasteiger partial charge in [-0.1, -0.05) is 43.0 Å². The van der Waals surface area contributed by atoms with Crippen LogP contribution in [0.15, 0.2) is 60.7 Å². The first-order chi connectivity index (χ1) is 11.1. The number of ether oxygens (including phenoxy) is 2. The molecule has 0 aliphatic carbocycles. The number of hydrogen-bond acceptors (Lipinski definition) is 4. The molecule has 0 bridgehead atoms. The largest absolute Gasteiger partial charge is 0.508 e. The molecule has 0 aliphatic heterocycles. The lowest BCUT2D eigenvalue weighted by molar-refractivity contribution is -0.139. The Morgan fingerprint density at radius 1 is 1.13 bits per heavy atom. The van der Waals surface area contributed by atoms with E-state index < -0.39 is 5.97 Å². The van der Waals surface area contributed by atoms with Gasteiger partial charge < -0.3 is 14.6 Å². The van der Waals surface area contributed by atoms with E-state index in [9.17, 15) is 9.90 Å². The number of carbonyl (C=O) groups is 1. The first-order valence-corrected chi connectivity index (χ1v) is 7.37. The molecule has 2 aromatic rings. The predicted molar refractivity (Wildman–Crippen MR) is 88.6 cm³/mol. The molecule has 0 radical (unpaired) electrons. The molecule has 4 nitrogen and oxygen atoms in total. The summed E-state index contributed by atoms with van der Waals surface area (Å²) >= 11 is 0. The number of carbonyl (C=O) groups excluding carboxylic acids is 1. The van der Waals surface area contributed by atoms with Crippen molar-refractivity contribution in [2.75, 3.05) is 13.2 Å². The van der Waals surface area contributed by atoms with E-state index >= 15 is 0 Å². The highest BCUT2D eigenvalue weighted by atomic mass is 16.6. The van der Waals surface area contributed by atoms with Crippen LogP contribution in [0.2, 0.25) is 0 Å². The third kappa shape index (κ3) is 5.18. The molecule has 0 saturated carbocycles. The molecule has 0 heterocycles. The molecule has 0 aliphatic rings. The van der Waals surface area contributed by atoms with Crippen LogP contribution in [0.3, 0.4) is 0 Å². The van der Waals surface area contributed by atoms with Crippen molar-refractivity contribution in [1.82, 2.24) is 0 Å². The lowest BCUT2D eigenvalue weighted by Crippen LogP contribution is -2.12. The fraction of sp³-hybridized carbons (Fsp3) is 0.211. The standard InChI is InChI=1S/C19H20O4/c1-14(2)19(21)23-11-10-22-17-9-8-16(18(20)13-17)12-15-6-4-3-5-7-15/h3-9,13,20H,1,10-12H2,2H3. The number of rotatable bonds is 7. The summed E-state index contributed by atoms with van der Waals surface area (Å²) in [4.78, 5) is 11.2. The van der Waals surface area contributed by atoms with E-state index in [1.54, 1.807) is 19.1 Å². The number of hydrogen-bond donors (Lipinski definition) is 1. The predicted octanol–water partition coefficient (Wildman–Crippen LogP) is 3.48. The summed E-state index contributed by atoms with van der Waals surface area (Å²) in [5, 5.41) is 10.1. The van der Waals surface area contributed by atoms with Gasteiger partial charge >= 0.3 is 5.97 Å². The molecule has 0 atom stereocenters. The summed E-state index contributed by atoms with van der Waals surface area (Å²) in [5.74, 6) is 0.283. The summed E-state index contributed by atoms with van der Waals surface area (Å²) in [6, 6.07) is 15.1. The zero-order valence-electron chi connectivity index (χ0n) is 13.1. The Bertz CT molecular complexity index is 677. The number of aromatic hydroxyl groups is 1. The van der Waals surface area contributed by atoms with E-state index in [2.05, 4.69) is 6.58 Å². The smallest absolute Gasteiger partial charge is 0.333 e. The van der Waals surface area contributed by atoms with Crippen LogP contribution in [0.1, 0.15) is 18.1 Å². The van der Waals surface area contributed by atoms with E-state index in [0.29, 0.717) is 17.7 Å². The van der Waals surface area contributed by atoms with Crippen molar-refractivity contribution < 1.29 is 19.4 Å². The average Bonchev–Trinajstić information content (AvgIpc) is 2.54. The first-order valence-electron chi connectivity index (χ1n) is 7.37. The molecular formula is C19H20O4. The normalized spacial score (nSPS) is 10.1. The summed E-state index contributed by atoms with van der Waals surface area (Å²) in [6.07, 6.45) is 0.656. The molecule has 2 aromatic carbocycles. The maximum absolute atomic E-state index is 11.2. The maximum atomic E-state index is 11.2. The number of benzene rings is 2. The Labute approximate surface area is 136 Å². The molecule has 0 fully saturated rings. The second-order valence-electron chi connectivity index (χ2n) is 5.22. The Morgan fingerprint density at radius 3 is 2.52 bits per heavy atom. The van der Waals surface area contributed by atoms with Gasteiger partial charge in [0.15, 0.2) is 0 Å². The fourth-order valence-electron chi connectivity index (χ4n) is 2.02. The minimum atomic E-state index is -0.436. The minimum Gasteiger partial charge on any atom is -0.508 e. The highest BCUT2D eigenvalue weighted by molar-refractivity contribution is 5.86. The Kier molecular flexibility index (Phi) is 5.80. The molecule has 1 N–H and O–H groups in total. The SMILES string of the molecule is C=C(C)C(=O)OCCOc1ccc(Cc2ccccc2)c(O)c1. The lowest BCUT2D eigenvalue weighted by atomic mass is 10.0. The molecular weight excluding hydrogens is 292 g/mol. The van der Waals surface area contributed by atoms with E-state index in [-0.39, 0.29) is 19.0 Å². The van der Waals surface area contributed by atoms with E-state index in [1.165, 1.54) is 0 Å². The maximum Gasteiger partial charge on any atom is 0.333 e. The summed E-state index contributed by atoms with van der Waals surface area (Å²) < 4.78 is 10.4. The quantitative estimate of drug-likeness (QED) is 0.483. The molecule has 4 heteroatoms. The van der Waals surface area contributed by atoms with Gasteiger partial charge in [-0.2, -0.15) is 0 Å². The first kappa shape index (κ1) is 16.6. The molecule has 0 saturated heterocycles. The molecule has 23 heavy (non-hydrogen) atoms. The van der Waals surface area contributed by atoms with Gasteiger partial charge in [0.2, 0.25) is 0 Å². The van der Waals surface area contributed by atoms with Gasteiger partial charge in [-0.05, 0) is 24.1 Å². The molecule has 0 amide bonds. The van der Waals surface area contributed by atoms with E-state index in [1.807, 2.05) is 36.4 Å². The molecule has 2 rings (SSSR count). The average molecular weight is 312 g/mol. The monoisotopic (exact) mass is 312 g/mol. The summed E-state index contributed by atoms with van der Waals surface area (Å²) in [7, 11) is 0. The molecule has 0 spiro atoms. The van der Waals surface area contributed by atoms with Crippen molar-refractivity contribution in [3.05, 3.63) is 71.8 Å². The van der Waals surface area contributed by atoms with Gasteiger partial charge in [-0.25, -0.2) is 4.79 Å². The topological polar surface area (TPSA) is 55.8 Å². The second-order valence-corrected chi connectivity index (χ2v) is 5.22. The van der Waals surface area contributed by atoms with Crippen LogP contribution in [-0.4, -0.2) is 24.3 Å². The van der Waals surface area contributed by atoms with Gasteiger partial charge in [0.1, 0.15) is 24.7 Å². The third-order valence-corrected chi connectivity index (χ3v) is 3.23. The van der Waals surface area contributed by atoms with E-state index in [0.717, 1.165) is 11.1 Å². The highest BCUT2D eigenvalue weighted by Crippen LogP contribution is 2.25. The Morgan fingerprint density at radius 2 is 1.87 bits per heavy atom. The van der Waals surface area contributed by atoms with Gasteiger partial charge in [0.05, 0.1) is 0 Å². The van der Waals surface area contributed by atoms with Crippen LogP contribution in [0, 0.1) is 0 Å². The van der Waals surface area contributed by atoms with Crippen LogP contribution in [0.25, 0.3) is 0 Å². The molecule has 120 valence electrons. The van der Waals surface area contributed by atoms with Crippen molar-refractivity contribution >= 4 is 5.97 Å². The van der Waals surface area contributed by atoms with Gasteiger partial charge in [0, 0.05) is 18.1 Å². The fourth-order valence-corrected chi connectivity index (χ4v) is 2.02. The zero-order chi connectivity index (χ0) is 16.7. The van der Waals surface area contributed by atoms with E-state index in [4.69, 9.17) is 9.47 Å². The lowest BCUT2D eigenvalue weighted by Gasteiger charge is -2.10. The Balaban J connectivity index is 1.87.